The van der Waals surface area contributed by atoms with E-state index in [0.717, 1.165) is 16.8 Å². The Balaban J connectivity index is 1.72. The number of nitrogens with one attached hydrogen (secondary N) is 1. The van der Waals surface area contributed by atoms with Gasteiger partial charge in [0.15, 0.2) is 10.8 Å². The molecule has 1 N–H and O–H groups in total. The van der Waals surface area contributed by atoms with Crippen molar-refractivity contribution in [3.8, 4) is 5.69 Å². The zero-order chi connectivity index (χ0) is 19.0. The average molecular weight is 397 g/mol. The third-order valence-corrected chi connectivity index (χ3v) is 5.76. The van der Waals surface area contributed by atoms with Gasteiger partial charge in [-0.3, -0.25) is 4.79 Å². The minimum atomic E-state index is -0.197. The Bertz CT molecular complexity index is 1200. The standard InChI is InChI=1S/C20H17ClN4OS/c1-12-7-8-15(9-13(12)2)25-18-16(10-22-25)19(26)24-20(23-18)27-11-14-5-3-4-6-17(14)21/h3-10H,11H2,1-2H3,(H,23,24,26). The molecule has 0 saturated carbocycles. The molecular formula is C20H17ClN4OS. The summed E-state index contributed by atoms with van der Waals surface area (Å²) in [6, 6.07) is 13.7. The largest absolute Gasteiger partial charge is 0.301 e. The van der Waals surface area contributed by atoms with Crippen LogP contribution in [-0.4, -0.2) is 19.7 Å². The maximum atomic E-state index is 12.5. The molecule has 2 heterocycles. The SMILES string of the molecule is Cc1ccc(-n2ncc3c(=O)[nH]c(SCc4ccccc4Cl)nc32)cc1C. The van der Waals surface area contributed by atoms with Gasteiger partial charge in [0, 0.05) is 10.8 Å². The van der Waals surface area contributed by atoms with Crippen LogP contribution in [0, 0.1) is 13.8 Å². The van der Waals surface area contributed by atoms with Crippen LogP contribution < -0.4 is 5.56 Å². The van der Waals surface area contributed by atoms with Crippen LogP contribution in [0.4, 0.5) is 0 Å². The Hall–Kier alpha value is -2.57. The molecule has 136 valence electrons. The van der Waals surface area contributed by atoms with Gasteiger partial charge < -0.3 is 4.98 Å². The summed E-state index contributed by atoms with van der Waals surface area (Å²) < 4.78 is 1.70. The second kappa shape index (κ2) is 7.21. The second-order valence-corrected chi connectivity index (χ2v) is 7.68. The van der Waals surface area contributed by atoms with E-state index in [-0.39, 0.29) is 5.56 Å². The van der Waals surface area contributed by atoms with Crippen molar-refractivity contribution in [2.45, 2.75) is 24.8 Å². The number of benzene rings is 2. The first-order chi connectivity index (χ1) is 13.0. The molecule has 0 amide bonds. The van der Waals surface area contributed by atoms with Crippen molar-refractivity contribution in [2.24, 2.45) is 0 Å². The third kappa shape index (κ3) is 3.50. The van der Waals surface area contributed by atoms with Crippen molar-refractivity contribution in [3.63, 3.8) is 0 Å². The Labute approximate surface area is 165 Å². The van der Waals surface area contributed by atoms with Gasteiger partial charge in [0.2, 0.25) is 0 Å². The summed E-state index contributed by atoms with van der Waals surface area (Å²) in [5.41, 5.74) is 4.59. The zero-order valence-electron chi connectivity index (χ0n) is 14.9. The first-order valence-corrected chi connectivity index (χ1v) is 9.81. The lowest BCUT2D eigenvalue weighted by Gasteiger charge is -2.07. The molecular weight excluding hydrogens is 380 g/mol. The summed E-state index contributed by atoms with van der Waals surface area (Å²) in [7, 11) is 0. The van der Waals surface area contributed by atoms with Crippen molar-refractivity contribution < 1.29 is 0 Å². The highest BCUT2D eigenvalue weighted by Crippen LogP contribution is 2.25. The lowest BCUT2D eigenvalue weighted by Crippen LogP contribution is -2.10. The van der Waals surface area contributed by atoms with E-state index in [1.165, 1.54) is 17.3 Å². The number of H-pyrrole nitrogens is 1. The van der Waals surface area contributed by atoms with Crippen LogP contribution >= 0.6 is 23.4 Å². The summed E-state index contributed by atoms with van der Waals surface area (Å²) in [4.78, 5) is 19.9. The maximum Gasteiger partial charge on any atom is 0.262 e. The van der Waals surface area contributed by atoms with Gasteiger partial charge >= 0.3 is 0 Å². The minimum Gasteiger partial charge on any atom is -0.301 e. The van der Waals surface area contributed by atoms with Crippen LogP contribution in [-0.2, 0) is 5.75 Å². The number of fused-ring (bicyclic) bond motifs is 1. The fraction of sp³-hybridized carbons (Fsp3) is 0.150. The Morgan fingerprint density at radius 3 is 2.74 bits per heavy atom. The van der Waals surface area contributed by atoms with E-state index in [4.69, 9.17) is 11.6 Å². The monoisotopic (exact) mass is 396 g/mol. The molecule has 7 heteroatoms. The maximum absolute atomic E-state index is 12.5. The van der Waals surface area contributed by atoms with Crippen LogP contribution in [0.3, 0.4) is 0 Å². The summed E-state index contributed by atoms with van der Waals surface area (Å²) >= 11 is 7.65. The molecule has 4 rings (SSSR count). The number of hydrogen-bond donors (Lipinski definition) is 1. The number of rotatable bonds is 4. The number of halogens is 1. The van der Waals surface area contributed by atoms with Gasteiger partial charge in [-0.05, 0) is 48.7 Å². The highest BCUT2D eigenvalue weighted by Gasteiger charge is 2.13. The number of aromatic nitrogens is 4. The van der Waals surface area contributed by atoms with Crippen LogP contribution in [0.15, 0.2) is 58.6 Å². The fourth-order valence-electron chi connectivity index (χ4n) is 2.77. The fourth-order valence-corrected chi connectivity index (χ4v) is 3.92. The Morgan fingerprint density at radius 1 is 1.15 bits per heavy atom. The van der Waals surface area contributed by atoms with E-state index >= 15 is 0 Å². The average Bonchev–Trinajstić information content (AvgIpc) is 3.08. The van der Waals surface area contributed by atoms with E-state index in [2.05, 4.69) is 28.9 Å². The molecule has 0 radical (unpaired) electrons. The number of nitrogens with zero attached hydrogens (tertiary/aromatic N) is 3. The summed E-state index contributed by atoms with van der Waals surface area (Å²) in [6.07, 6.45) is 1.55. The molecule has 0 spiro atoms. The lowest BCUT2D eigenvalue weighted by atomic mass is 10.1. The molecule has 0 bridgehead atoms. The van der Waals surface area contributed by atoms with Crippen molar-refractivity contribution in [1.29, 1.82) is 0 Å². The van der Waals surface area contributed by atoms with E-state index in [1.54, 1.807) is 10.9 Å². The van der Waals surface area contributed by atoms with Gasteiger partial charge in [-0.25, -0.2) is 9.67 Å². The van der Waals surface area contributed by atoms with E-state index < -0.39 is 0 Å². The Morgan fingerprint density at radius 2 is 1.96 bits per heavy atom. The third-order valence-electron chi connectivity index (χ3n) is 4.47. The molecule has 2 aromatic heterocycles. The van der Waals surface area contributed by atoms with Gasteiger partial charge in [0.1, 0.15) is 5.39 Å². The van der Waals surface area contributed by atoms with E-state index in [9.17, 15) is 4.79 Å². The van der Waals surface area contributed by atoms with Gasteiger partial charge in [-0.2, -0.15) is 5.10 Å². The van der Waals surface area contributed by atoms with Crippen LogP contribution in [0.1, 0.15) is 16.7 Å². The summed E-state index contributed by atoms with van der Waals surface area (Å²) in [6.45, 7) is 4.11. The predicted molar refractivity (Wildman–Crippen MR) is 110 cm³/mol. The molecule has 2 aromatic carbocycles. The smallest absolute Gasteiger partial charge is 0.262 e. The quantitative estimate of drug-likeness (QED) is 0.402. The molecule has 0 saturated heterocycles. The minimum absolute atomic E-state index is 0.197. The van der Waals surface area contributed by atoms with Crippen LogP contribution in [0.2, 0.25) is 5.02 Å². The van der Waals surface area contributed by atoms with Crippen molar-refractivity contribution in [2.75, 3.05) is 0 Å². The number of aryl methyl sites for hydroxylation is 2. The zero-order valence-corrected chi connectivity index (χ0v) is 16.4. The van der Waals surface area contributed by atoms with Crippen LogP contribution in [0.5, 0.6) is 0 Å². The first kappa shape index (κ1) is 17.8. The second-order valence-electron chi connectivity index (χ2n) is 6.31. The van der Waals surface area contributed by atoms with Gasteiger partial charge in [0.25, 0.3) is 5.56 Å². The number of hydrogen-bond acceptors (Lipinski definition) is 4. The van der Waals surface area contributed by atoms with Crippen molar-refractivity contribution in [3.05, 3.63) is 80.7 Å². The van der Waals surface area contributed by atoms with E-state index in [0.29, 0.717) is 27.0 Å². The molecule has 0 aliphatic heterocycles. The van der Waals surface area contributed by atoms with Crippen LogP contribution in [0.25, 0.3) is 16.7 Å². The van der Waals surface area contributed by atoms with Gasteiger partial charge in [-0.1, -0.05) is 47.6 Å². The van der Waals surface area contributed by atoms with Crippen molar-refractivity contribution in [1.82, 2.24) is 19.7 Å². The van der Waals surface area contributed by atoms with Gasteiger partial charge in [0.05, 0.1) is 11.9 Å². The molecule has 0 fully saturated rings. The highest BCUT2D eigenvalue weighted by molar-refractivity contribution is 7.98. The molecule has 0 aliphatic rings. The molecule has 0 atom stereocenters. The highest BCUT2D eigenvalue weighted by atomic mass is 35.5. The molecule has 0 unspecified atom stereocenters. The Kier molecular flexibility index (Phi) is 4.76. The first-order valence-electron chi connectivity index (χ1n) is 8.45. The van der Waals surface area contributed by atoms with Gasteiger partial charge in [-0.15, -0.1) is 0 Å². The summed E-state index contributed by atoms with van der Waals surface area (Å²) in [5.74, 6) is 0.617. The molecule has 27 heavy (non-hydrogen) atoms. The molecule has 5 nitrogen and oxygen atoms in total. The predicted octanol–water partition coefficient (Wildman–Crippen LogP) is 4.67. The molecule has 0 aliphatic carbocycles. The van der Waals surface area contributed by atoms with Crippen molar-refractivity contribution >= 4 is 34.4 Å². The lowest BCUT2D eigenvalue weighted by molar-refractivity contribution is 0.871. The molecule has 4 aromatic rings. The summed E-state index contributed by atoms with van der Waals surface area (Å²) in [5, 5.41) is 6.08. The van der Waals surface area contributed by atoms with E-state index in [1.807, 2.05) is 42.5 Å². The normalized spacial score (nSPS) is 11.2. The number of aromatic amines is 1. The number of thioether (sulfide) groups is 1. The topological polar surface area (TPSA) is 63.6 Å².